The van der Waals surface area contributed by atoms with Gasteiger partial charge in [0.05, 0.1) is 6.61 Å². The number of fused-ring (bicyclic) bond motifs is 1. The summed E-state index contributed by atoms with van der Waals surface area (Å²) in [7, 11) is 0. The predicted octanol–water partition coefficient (Wildman–Crippen LogP) is 0.692. The van der Waals surface area contributed by atoms with Crippen molar-refractivity contribution in [3.05, 3.63) is 29.7 Å². The minimum atomic E-state index is 0.338. The highest BCUT2D eigenvalue weighted by atomic mass is 16.5. The summed E-state index contributed by atoms with van der Waals surface area (Å²) in [6.07, 6.45) is 2.91. The molecule has 1 atom stereocenters. The molecule has 84 valence electrons. The Kier molecular flexibility index (Phi) is 2.34. The maximum atomic E-state index is 5.67. The van der Waals surface area contributed by atoms with Crippen LogP contribution in [0.1, 0.15) is 23.7 Å². The van der Waals surface area contributed by atoms with Crippen LogP contribution in [-0.2, 0) is 11.3 Å². The molecule has 0 radical (unpaired) electrons. The van der Waals surface area contributed by atoms with Gasteiger partial charge in [-0.1, -0.05) is 6.07 Å². The van der Waals surface area contributed by atoms with Crippen molar-refractivity contribution in [2.45, 2.75) is 18.9 Å². The van der Waals surface area contributed by atoms with Crippen molar-refractivity contribution in [1.82, 2.24) is 14.6 Å². The minimum absolute atomic E-state index is 0.338. The fraction of sp³-hybridized carbons (Fsp3) is 0.455. The topological polar surface area (TPSA) is 65.4 Å². The molecule has 2 aromatic rings. The van der Waals surface area contributed by atoms with Gasteiger partial charge in [-0.25, -0.2) is 9.50 Å². The Morgan fingerprint density at radius 2 is 2.50 bits per heavy atom. The number of rotatable bonds is 2. The first-order chi connectivity index (χ1) is 7.88. The molecular weight excluding hydrogens is 204 g/mol. The van der Waals surface area contributed by atoms with Crippen molar-refractivity contribution in [1.29, 1.82) is 0 Å². The zero-order valence-corrected chi connectivity index (χ0v) is 8.97. The van der Waals surface area contributed by atoms with Crippen molar-refractivity contribution < 1.29 is 4.74 Å². The Hall–Kier alpha value is -1.46. The zero-order valence-electron chi connectivity index (χ0n) is 8.97. The molecule has 5 heteroatoms. The monoisotopic (exact) mass is 218 g/mol. The second-order valence-corrected chi connectivity index (χ2v) is 4.04. The number of hydrogen-bond donors (Lipinski definition) is 1. The Bertz CT molecular complexity index is 502. The largest absolute Gasteiger partial charge is 0.381 e. The van der Waals surface area contributed by atoms with Crippen LogP contribution in [0.4, 0.5) is 0 Å². The van der Waals surface area contributed by atoms with E-state index >= 15 is 0 Å². The van der Waals surface area contributed by atoms with E-state index < -0.39 is 0 Å². The van der Waals surface area contributed by atoms with Crippen LogP contribution in [0.15, 0.2) is 18.3 Å². The molecule has 0 aliphatic carbocycles. The van der Waals surface area contributed by atoms with Gasteiger partial charge in [-0.15, -0.1) is 0 Å². The van der Waals surface area contributed by atoms with Crippen molar-refractivity contribution >= 4 is 5.65 Å². The minimum Gasteiger partial charge on any atom is -0.381 e. The molecule has 2 aromatic heterocycles. The lowest BCUT2D eigenvalue weighted by Crippen LogP contribution is -2.00. The maximum Gasteiger partial charge on any atom is 0.160 e. The van der Waals surface area contributed by atoms with Crippen molar-refractivity contribution in [2.75, 3.05) is 13.2 Å². The van der Waals surface area contributed by atoms with E-state index in [0.29, 0.717) is 12.5 Å². The molecule has 5 nitrogen and oxygen atoms in total. The zero-order chi connectivity index (χ0) is 11.0. The van der Waals surface area contributed by atoms with Crippen LogP contribution in [0.3, 0.4) is 0 Å². The molecule has 0 aromatic carbocycles. The number of nitrogens with two attached hydrogens (primary N) is 1. The van der Waals surface area contributed by atoms with Crippen LogP contribution in [0.2, 0.25) is 0 Å². The number of hydrogen-bond acceptors (Lipinski definition) is 4. The van der Waals surface area contributed by atoms with E-state index in [-0.39, 0.29) is 0 Å². The summed E-state index contributed by atoms with van der Waals surface area (Å²) in [5.74, 6) is 1.21. The first-order valence-electron chi connectivity index (χ1n) is 5.50. The first kappa shape index (κ1) is 9.74. The van der Waals surface area contributed by atoms with Gasteiger partial charge in [-0.05, 0) is 12.5 Å². The smallest absolute Gasteiger partial charge is 0.160 e. The van der Waals surface area contributed by atoms with E-state index in [4.69, 9.17) is 10.5 Å². The van der Waals surface area contributed by atoms with E-state index in [2.05, 4.69) is 10.1 Å². The van der Waals surface area contributed by atoms with E-state index in [0.717, 1.165) is 36.7 Å². The highest BCUT2D eigenvalue weighted by Gasteiger charge is 2.22. The standard InChI is InChI=1S/C11H14N4O/c12-6-8-2-1-4-15-11(8)13-10(14-15)9-3-5-16-7-9/h1-2,4,9H,3,5-7,12H2. The second kappa shape index (κ2) is 3.84. The highest BCUT2D eigenvalue weighted by Crippen LogP contribution is 2.23. The summed E-state index contributed by atoms with van der Waals surface area (Å²) in [4.78, 5) is 4.56. The van der Waals surface area contributed by atoms with Crippen LogP contribution in [-0.4, -0.2) is 27.8 Å². The Morgan fingerprint density at radius 3 is 3.25 bits per heavy atom. The van der Waals surface area contributed by atoms with Crippen LogP contribution in [0.5, 0.6) is 0 Å². The fourth-order valence-corrected chi connectivity index (χ4v) is 2.05. The highest BCUT2D eigenvalue weighted by molar-refractivity contribution is 5.47. The first-order valence-corrected chi connectivity index (χ1v) is 5.50. The predicted molar refractivity (Wildman–Crippen MR) is 59.1 cm³/mol. The number of pyridine rings is 1. The van der Waals surface area contributed by atoms with Crippen LogP contribution < -0.4 is 5.73 Å². The SMILES string of the molecule is NCc1cccn2nc(C3CCOC3)nc12. The molecule has 0 amide bonds. The summed E-state index contributed by atoms with van der Waals surface area (Å²) < 4.78 is 7.15. The lowest BCUT2D eigenvalue weighted by atomic mass is 10.1. The van der Waals surface area contributed by atoms with Crippen molar-refractivity contribution in [3.63, 3.8) is 0 Å². The third-order valence-electron chi connectivity index (χ3n) is 2.97. The quantitative estimate of drug-likeness (QED) is 0.805. The molecule has 1 aliphatic rings. The number of ether oxygens (including phenoxy) is 1. The lowest BCUT2D eigenvalue weighted by molar-refractivity contribution is 0.193. The van der Waals surface area contributed by atoms with Crippen molar-refractivity contribution in [2.24, 2.45) is 5.73 Å². The summed E-state index contributed by atoms with van der Waals surface area (Å²) in [5, 5.41) is 4.47. The molecule has 0 spiro atoms. The average molecular weight is 218 g/mol. The molecule has 2 N–H and O–H groups in total. The molecule has 1 aliphatic heterocycles. The molecule has 1 unspecified atom stereocenters. The third-order valence-corrected chi connectivity index (χ3v) is 2.97. The van der Waals surface area contributed by atoms with Crippen LogP contribution in [0.25, 0.3) is 5.65 Å². The Labute approximate surface area is 93.2 Å². The Balaban J connectivity index is 2.07. The molecule has 3 rings (SSSR count). The third kappa shape index (κ3) is 1.48. The van der Waals surface area contributed by atoms with E-state index in [1.165, 1.54) is 0 Å². The molecular formula is C11H14N4O. The van der Waals surface area contributed by atoms with Gasteiger partial charge < -0.3 is 10.5 Å². The van der Waals surface area contributed by atoms with Gasteiger partial charge in [0.25, 0.3) is 0 Å². The maximum absolute atomic E-state index is 5.67. The van der Waals surface area contributed by atoms with Crippen molar-refractivity contribution in [3.8, 4) is 0 Å². The summed E-state index contributed by atoms with van der Waals surface area (Å²) >= 11 is 0. The van der Waals surface area contributed by atoms with Gasteiger partial charge >= 0.3 is 0 Å². The molecule has 3 heterocycles. The van der Waals surface area contributed by atoms with E-state index in [1.54, 1.807) is 4.52 Å². The Morgan fingerprint density at radius 1 is 1.56 bits per heavy atom. The van der Waals surface area contributed by atoms with Gasteiger partial charge in [-0.2, -0.15) is 5.10 Å². The summed E-state index contributed by atoms with van der Waals surface area (Å²) in [6.45, 7) is 2.03. The normalized spacial score (nSPS) is 20.7. The molecule has 16 heavy (non-hydrogen) atoms. The summed E-state index contributed by atoms with van der Waals surface area (Å²) in [6, 6.07) is 3.93. The van der Waals surface area contributed by atoms with Gasteiger partial charge in [0.1, 0.15) is 0 Å². The molecule has 1 saturated heterocycles. The number of aromatic nitrogens is 3. The molecule has 0 bridgehead atoms. The van der Waals surface area contributed by atoms with Gasteiger partial charge in [0, 0.05) is 30.8 Å². The second-order valence-electron chi connectivity index (χ2n) is 4.04. The van der Waals surface area contributed by atoms with Crippen LogP contribution in [0, 0.1) is 0 Å². The lowest BCUT2D eigenvalue weighted by Gasteiger charge is -1.98. The van der Waals surface area contributed by atoms with E-state index in [9.17, 15) is 0 Å². The number of nitrogens with zero attached hydrogens (tertiary/aromatic N) is 3. The summed E-state index contributed by atoms with van der Waals surface area (Å²) in [5.41, 5.74) is 7.57. The van der Waals surface area contributed by atoms with Gasteiger partial charge in [0.2, 0.25) is 0 Å². The fourth-order valence-electron chi connectivity index (χ4n) is 2.05. The van der Waals surface area contributed by atoms with Gasteiger partial charge in [-0.3, -0.25) is 0 Å². The molecule has 0 saturated carbocycles. The average Bonchev–Trinajstić information content (AvgIpc) is 2.96. The molecule has 1 fully saturated rings. The van der Waals surface area contributed by atoms with Gasteiger partial charge in [0.15, 0.2) is 11.5 Å². The van der Waals surface area contributed by atoms with Crippen LogP contribution >= 0.6 is 0 Å². The van der Waals surface area contributed by atoms with E-state index in [1.807, 2.05) is 18.3 Å².